The molecule has 0 fully saturated rings. The molecule has 2 aromatic carbocycles. The van der Waals surface area contributed by atoms with Gasteiger partial charge in [0.25, 0.3) is 0 Å². The minimum Gasteiger partial charge on any atom is -0.468 e. The number of ether oxygens (including phenoxy) is 1. The number of benzene rings is 2. The monoisotopic (exact) mass is 538 g/mol. The fourth-order valence-electron chi connectivity index (χ4n) is 4.16. The summed E-state index contributed by atoms with van der Waals surface area (Å²) >= 11 is 6.87. The number of aliphatic hydroxyl groups excluding tert-OH is 1. The van der Waals surface area contributed by atoms with Crippen LogP contribution in [0.5, 0.6) is 0 Å². The fourth-order valence-corrected chi connectivity index (χ4v) is 4.97. The topological polar surface area (TPSA) is 98.6 Å². The third kappa shape index (κ3) is 5.32. The molecule has 0 saturated carbocycles. The molecule has 2 unspecified atom stereocenters. The lowest BCUT2D eigenvalue weighted by molar-refractivity contribution is -0.147. The first-order chi connectivity index (χ1) is 14.2. The first kappa shape index (κ1) is 23.4. The van der Waals surface area contributed by atoms with Crippen LogP contribution in [0.1, 0.15) is 35.1 Å². The zero-order chi connectivity index (χ0) is 21.9. The lowest BCUT2D eigenvalue weighted by atomic mass is 9.79. The predicted molar refractivity (Wildman–Crippen MR) is 125 cm³/mol. The summed E-state index contributed by atoms with van der Waals surface area (Å²) in [6.07, 6.45) is 4.65. The van der Waals surface area contributed by atoms with Crippen molar-refractivity contribution in [2.24, 2.45) is 11.5 Å². The number of hydrogen-bond donors (Lipinski definition) is 3. The third-order valence-corrected chi connectivity index (χ3v) is 7.01. The summed E-state index contributed by atoms with van der Waals surface area (Å²) in [5, 5.41) is 9.21. The highest BCUT2D eigenvalue weighted by Crippen LogP contribution is 2.30. The van der Waals surface area contributed by atoms with Crippen molar-refractivity contribution >= 4 is 37.8 Å². The van der Waals surface area contributed by atoms with Crippen LogP contribution < -0.4 is 11.5 Å². The Kier molecular flexibility index (Phi) is 7.40. The molecule has 0 spiro atoms. The molecule has 5 N–H and O–H groups in total. The van der Waals surface area contributed by atoms with Gasteiger partial charge >= 0.3 is 5.97 Å². The molecule has 162 valence electrons. The molecule has 0 amide bonds. The van der Waals surface area contributed by atoms with Crippen LogP contribution >= 0.6 is 31.9 Å². The summed E-state index contributed by atoms with van der Waals surface area (Å²) in [6.45, 7) is 0.0684. The number of esters is 1. The molecule has 0 aliphatic heterocycles. The Morgan fingerprint density at radius 3 is 2.03 bits per heavy atom. The molecular formula is C23H28Br2N2O3. The SMILES string of the molecule is COC(=O)C1(N)CCc2ccc(Br)cc2C1.NC1(CO)CCc2ccc(Br)cc2C1. The van der Waals surface area contributed by atoms with Crippen LogP contribution in [0.3, 0.4) is 0 Å². The predicted octanol–water partition coefficient (Wildman–Crippen LogP) is 3.44. The lowest BCUT2D eigenvalue weighted by Gasteiger charge is -2.33. The highest BCUT2D eigenvalue weighted by atomic mass is 79.9. The first-order valence-corrected chi connectivity index (χ1v) is 11.6. The minimum absolute atomic E-state index is 0.0684. The Balaban J connectivity index is 0.000000172. The van der Waals surface area contributed by atoms with Gasteiger partial charge in [-0.25, -0.2) is 0 Å². The van der Waals surface area contributed by atoms with Crippen molar-refractivity contribution in [1.82, 2.24) is 0 Å². The molecule has 2 atom stereocenters. The second kappa shape index (κ2) is 9.49. The van der Waals surface area contributed by atoms with Gasteiger partial charge in [0.15, 0.2) is 0 Å². The Labute approximate surface area is 194 Å². The summed E-state index contributed by atoms with van der Waals surface area (Å²) in [7, 11) is 1.38. The molecule has 0 bridgehead atoms. The van der Waals surface area contributed by atoms with E-state index in [1.54, 1.807) is 0 Å². The molecule has 30 heavy (non-hydrogen) atoms. The lowest BCUT2D eigenvalue weighted by Crippen LogP contribution is -2.52. The van der Waals surface area contributed by atoms with Gasteiger partial charge in [-0.15, -0.1) is 0 Å². The number of rotatable bonds is 2. The number of fused-ring (bicyclic) bond motifs is 2. The summed E-state index contributed by atoms with van der Waals surface area (Å²) in [5.74, 6) is -0.321. The number of methoxy groups -OCH3 is 1. The van der Waals surface area contributed by atoms with E-state index in [9.17, 15) is 9.90 Å². The molecule has 2 aromatic rings. The number of nitrogens with two attached hydrogens (primary N) is 2. The van der Waals surface area contributed by atoms with Crippen molar-refractivity contribution in [2.75, 3.05) is 13.7 Å². The maximum Gasteiger partial charge on any atom is 0.326 e. The average Bonchev–Trinajstić information content (AvgIpc) is 2.73. The van der Waals surface area contributed by atoms with E-state index in [0.717, 1.165) is 40.2 Å². The standard InChI is InChI=1S/C12H14BrNO2.C11H14BrNO/c1-16-11(15)12(14)5-4-8-2-3-10(13)6-9(8)7-12;12-10-2-1-8-3-4-11(13,7-14)6-9(8)5-10/h2-3,6H,4-5,7,14H2,1H3;1-2,5,14H,3-4,6-7,13H2. The van der Waals surface area contributed by atoms with Crippen molar-refractivity contribution in [2.45, 2.75) is 49.6 Å². The van der Waals surface area contributed by atoms with Crippen molar-refractivity contribution in [3.05, 3.63) is 67.6 Å². The summed E-state index contributed by atoms with van der Waals surface area (Å²) in [6, 6.07) is 12.4. The number of hydrogen-bond acceptors (Lipinski definition) is 5. The van der Waals surface area contributed by atoms with Gasteiger partial charge in [0, 0.05) is 20.9 Å². The maximum atomic E-state index is 11.6. The van der Waals surface area contributed by atoms with Gasteiger partial charge in [-0.3, -0.25) is 4.79 Å². The Morgan fingerprint density at radius 1 is 0.967 bits per heavy atom. The van der Waals surface area contributed by atoms with Crippen molar-refractivity contribution in [3.8, 4) is 0 Å². The van der Waals surface area contributed by atoms with E-state index in [4.69, 9.17) is 16.2 Å². The van der Waals surface area contributed by atoms with Crippen LogP contribution in [-0.2, 0) is 35.2 Å². The number of carbonyl (C=O) groups is 1. The smallest absolute Gasteiger partial charge is 0.326 e. The second-order valence-electron chi connectivity index (χ2n) is 8.35. The Hall–Kier alpha value is -1.25. The van der Waals surface area contributed by atoms with Gasteiger partial charge in [-0.2, -0.15) is 0 Å². The highest BCUT2D eigenvalue weighted by Gasteiger charge is 2.38. The summed E-state index contributed by atoms with van der Waals surface area (Å²) < 4.78 is 6.86. The highest BCUT2D eigenvalue weighted by molar-refractivity contribution is 9.10. The van der Waals surface area contributed by atoms with Gasteiger partial charge in [0.1, 0.15) is 5.54 Å². The molecule has 0 heterocycles. The van der Waals surface area contributed by atoms with E-state index >= 15 is 0 Å². The molecule has 2 aliphatic rings. The summed E-state index contributed by atoms with van der Waals surface area (Å²) in [4.78, 5) is 11.6. The fraction of sp³-hybridized carbons (Fsp3) is 0.435. The minimum atomic E-state index is -0.859. The van der Waals surface area contributed by atoms with Gasteiger partial charge in [-0.05, 0) is 78.6 Å². The molecule has 5 nitrogen and oxygen atoms in total. The molecular weight excluding hydrogens is 512 g/mol. The average molecular weight is 540 g/mol. The number of halogens is 2. The van der Waals surface area contributed by atoms with E-state index < -0.39 is 11.1 Å². The van der Waals surface area contributed by atoms with E-state index in [-0.39, 0.29) is 12.6 Å². The zero-order valence-electron chi connectivity index (χ0n) is 17.1. The van der Waals surface area contributed by atoms with E-state index in [2.05, 4.69) is 56.1 Å². The van der Waals surface area contributed by atoms with E-state index in [0.29, 0.717) is 12.8 Å². The number of carbonyl (C=O) groups excluding carboxylic acids is 1. The molecule has 7 heteroatoms. The molecule has 0 aromatic heterocycles. The van der Waals surface area contributed by atoms with Crippen molar-refractivity contribution in [3.63, 3.8) is 0 Å². The van der Waals surface area contributed by atoms with Gasteiger partial charge < -0.3 is 21.3 Å². The molecule has 2 aliphatic carbocycles. The zero-order valence-corrected chi connectivity index (χ0v) is 20.3. The number of aryl methyl sites for hydroxylation is 2. The van der Waals surface area contributed by atoms with Gasteiger partial charge in [-0.1, -0.05) is 44.0 Å². The van der Waals surface area contributed by atoms with Gasteiger partial charge in [0.05, 0.1) is 13.7 Å². The van der Waals surface area contributed by atoms with Crippen molar-refractivity contribution in [1.29, 1.82) is 0 Å². The molecule has 4 rings (SSSR count). The van der Waals surface area contributed by atoms with Crippen LogP contribution in [0.25, 0.3) is 0 Å². The van der Waals surface area contributed by atoms with Crippen LogP contribution in [0.15, 0.2) is 45.3 Å². The van der Waals surface area contributed by atoms with Crippen LogP contribution in [0.4, 0.5) is 0 Å². The number of aliphatic hydroxyl groups is 1. The normalized spacial score (nSPS) is 24.7. The van der Waals surface area contributed by atoms with Crippen molar-refractivity contribution < 1.29 is 14.6 Å². The molecule has 0 radical (unpaired) electrons. The maximum absolute atomic E-state index is 11.6. The Bertz CT molecular complexity index is 937. The van der Waals surface area contributed by atoms with Crippen LogP contribution in [0.2, 0.25) is 0 Å². The van der Waals surface area contributed by atoms with E-state index in [1.807, 2.05) is 12.1 Å². The quantitative estimate of drug-likeness (QED) is 0.508. The van der Waals surface area contributed by atoms with Crippen LogP contribution in [0, 0.1) is 0 Å². The largest absolute Gasteiger partial charge is 0.468 e. The van der Waals surface area contributed by atoms with Crippen LogP contribution in [-0.4, -0.2) is 35.9 Å². The Morgan fingerprint density at radius 2 is 1.50 bits per heavy atom. The first-order valence-electron chi connectivity index (χ1n) is 10.00. The molecule has 0 saturated heterocycles. The summed E-state index contributed by atoms with van der Waals surface area (Å²) in [5.41, 5.74) is 15.9. The second-order valence-corrected chi connectivity index (χ2v) is 10.2. The third-order valence-electron chi connectivity index (χ3n) is 6.02. The van der Waals surface area contributed by atoms with Gasteiger partial charge in [0.2, 0.25) is 0 Å². The van der Waals surface area contributed by atoms with E-state index in [1.165, 1.54) is 23.8 Å².